The summed E-state index contributed by atoms with van der Waals surface area (Å²) in [5.41, 5.74) is 4.77. The Hall–Kier alpha value is -3.02. The van der Waals surface area contributed by atoms with Gasteiger partial charge in [0.05, 0.1) is 11.7 Å². The monoisotopic (exact) mass is 336 g/mol. The Labute approximate surface area is 142 Å². The van der Waals surface area contributed by atoms with E-state index in [0.717, 1.165) is 53.2 Å². The molecule has 3 heterocycles. The van der Waals surface area contributed by atoms with Gasteiger partial charge in [-0.1, -0.05) is 12.1 Å². The maximum atomic E-state index is 14.4. The molecule has 0 saturated heterocycles. The van der Waals surface area contributed by atoms with Gasteiger partial charge in [0, 0.05) is 34.8 Å². The van der Waals surface area contributed by atoms with E-state index in [4.69, 9.17) is 0 Å². The van der Waals surface area contributed by atoms with Crippen molar-refractivity contribution in [1.29, 1.82) is 0 Å². The summed E-state index contributed by atoms with van der Waals surface area (Å²) in [5.74, 6) is -1.19. The lowest BCUT2D eigenvalue weighted by Gasteiger charge is -2.07. The highest BCUT2D eigenvalue weighted by molar-refractivity contribution is 5.89. The Morgan fingerprint density at radius 3 is 2.88 bits per heavy atom. The Balaban J connectivity index is 1.77. The summed E-state index contributed by atoms with van der Waals surface area (Å²) in [6.07, 6.45) is 3.68. The average Bonchev–Trinajstić information content (AvgIpc) is 3.29. The van der Waals surface area contributed by atoms with E-state index in [2.05, 4.69) is 15.3 Å². The van der Waals surface area contributed by atoms with Gasteiger partial charge in [-0.05, 0) is 36.6 Å². The van der Waals surface area contributed by atoms with Gasteiger partial charge in [-0.3, -0.25) is 9.78 Å². The first-order valence-corrected chi connectivity index (χ1v) is 8.19. The van der Waals surface area contributed by atoms with Crippen molar-refractivity contribution >= 4 is 10.9 Å². The number of nitrogens with one attached hydrogen (secondary N) is 1. The summed E-state index contributed by atoms with van der Waals surface area (Å²) in [4.78, 5) is 0. The quantitative estimate of drug-likeness (QED) is 0.593. The summed E-state index contributed by atoms with van der Waals surface area (Å²) >= 11 is 0. The van der Waals surface area contributed by atoms with Crippen LogP contribution in [0.2, 0.25) is 0 Å². The summed E-state index contributed by atoms with van der Waals surface area (Å²) in [6.45, 7) is 0.817. The van der Waals surface area contributed by atoms with Crippen molar-refractivity contribution in [3.05, 3.63) is 59.9 Å². The molecule has 25 heavy (non-hydrogen) atoms. The van der Waals surface area contributed by atoms with E-state index in [-0.39, 0.29) is 0 Å². The molecule has 4 aromatic rings. The van der Waals surface area contributed by atoms with Crippen molar-refractivity contribution in [3.63, 3.8) is 0 Å². The van der Waals surface area contributed by atoms with Crippen LogP contribution in [0.4, 0.5) is 8.78 Å². The highest BCUT2D eigenvalue weighted by Crippen LogP contribution is 2.39. The second-order valence-electron chi connectivity index (χ2n) is 6.29. The first-order chi connectivity index (χ1) is 12.2. The number of benzene rings is 2. The van der Waals surface area contributed by atoms with Gasteiger partial charge in [-0.15, -0.1) is 0 Å². The van der Waals surface area contributed by atoms with Crippen LogP contribution < -0.4 is 0 Å². The van der Waals surface area contributed by atoms with Gasteiger partial charge in [-0.25, -0.2) is 8.78 Å². The van der Waals surface area contributed by atoms with E-state index in [9.17, 15) is 8.78 Å². The average molecular weight is 336 g/mol. The van der Waals surface area contributed by atoms with Crippen LogP contribution in [0.3, 0.4) is 0 Å². The summed E-state index contributed by atoms with van der Waals surface area (Å²) in [5, 5.41) is 12.7. The number of halogens is 2. The lowest BCUT2D eigenvalue weighted by molar-refractivity contribution is 0.584. The van der Waals surface area contributed by atoms with Gasteiger partial charge >= 0.3 is 0 Å². The Morgan fingerprint density at radius 2 is 2.00 bits per heavy atom. The number of hydrogen-bond acceptors (Lipinski definition) is 2. The number of nitrogens with zero attached hydrogens (tertiary/aromatic N) is 3. The molecule has 0 aliphatic carbocycles. The second kappa shape index (κ2) is 5.24. The predicted octanol–water partition coefficient (Wildman–Crippen LogP) is 4.32. The third-order valence-corrected chi connectivity index (χ3v) is 4.76. The lowest BCUT2D eigenvalue weighted by Crippen LogP contribution is -1.95. The minimum Gasteiger partial charge on any atom is -0.278 e. The molecular formula is C19H14F2N4. The molecule has 0 spiro atoms. The molecule has 1 aliphatic rings. The van der Waals surface area contributed by atoms with E-state index in [1.165, 1.54) is 12.1 Å². The zero-order chi connectivity index (χ0) is 17.0. The number of hydrogen-bond donors (Lipinski definition) is 1. The number of rotatable bonds is 2. The Kier molecular flexibility index (Phi) is 3.00. The molecule has 2 aromatic carbocycles. The number of fused-ring (bicyclic) bond motifs is 2. The highest BCUT2D eigenvalue weighted by Gasteiger charge is 2.25. The molecule has 0 atom stereocenters. The molecule has 0 amide bonds. The van der Waals surface area contributed by atoms with E-state index in [1.807, 2.05) is 22.9 Å². The van der Waals surface area contributed by atoms with Crippen LogP contribution in [0.5, 0.6) is 0 Å². The maximum absolute atomic E-state index is 14.4. The fourth-order valence-corrected chi connectivity index (χ4v) is 3.60. The maximum Gasteiger partial charge on any atom is 0.135 e. The molecule has 0 radical (unpaired) electrons. The van der Waals surface area contributed by atoms with Crippen molar-refractivity contribution < 1.29 is 8.78 Å². The van der Waals surface area contributed by atoms with Gasteiger partial charge in [0.25, 0.3) is 0 Å². The van der Waals surface area contributed by atoms with Crippen LogP contribution in [0, 0.1) is 11.6 Å². The van der Waals surface area contributed by atoms with Gasteiger partial charge in [0.1, 0.15) is 17.3 Å². The van der Waals surface area contributed by atoms with Crippen molar-refractivity contribution in [1.82, 2.24) is 20.0 Å². The SMILES string of the molecule is Fc1ccc(-c2nn3c(c2-c2ccc4cn[nH]c4c2)CCC3)c(F)c1. The Morgan fingerprint density at radius 1 is 1.08 bits per heavy atom. The van der Waals surface area contributed by atoms with E-state index in [0.29, 0.717) is 11.3 Å². The predicted molar refractivity (Wildman–Crippen MR) is 91.0 cm³/mol. The van der Waals surface area contributed by atoms with Gasteiger partial charge in [0.15, 0.2) is 0 Å². The number of aromatic nitrogens is 4. The fraction of sp³-hybridized carbons (Fsp3) is 0.158. The van der Waals surface area contributed by atoms with Crippen LogP contribution in [0.15, 0.2) is 42.6 Å². The number of H-pyrrole nitrogens is 1. The molecule has 0 saturated carbocycles. The smallest absolute Gasteiger partial charge is 0.135 e. The molecule has 1 N–H and O–H groups in total. The normalized spacial score (nSPS) is 13.5. The van der Waals surface area contributed by atoms with E-state index < -0.39 is 11.6 Å². The zero-order valence-electron chi connectivity index (χ0n) is 13.3. The van der Waals surface area contributed by atoms with Crippen molar-refractivity contribution in [2.24, 2.45) is 0 Å². The second-order valence-corrected chi connectivity index (χ2v) is 6.29. The largest absolute Gasteiger partial charge is 0.278 e. The van der Waals surface area contributed by atoms with Crippen LogP contribution in [0.25, 0.3) is 33.3 Å². The minimum absolute atomic E-state index is 0.322. The minimum atomic E-state index is -0.597. The molecule has 0 fully saturated rings. The van der Waals surface area contributed by atoms with Gasteiger partial charge < -0.3 is 0 Å². The molecule has 1 aliphatic heterocycles. The molecule has 124 valence electrons. The molecule has 6 heteroatoms. The van der Waals surface area contributed by atoms with Crippen molar-refractivity contribution in [3.8, 4) is 22.4 Å². The molecular weight excluding hydrogens is 322 g/mol. The molecule has 5 rings (SSSR count). The van der Waals surface area contributed by atoms with Crippen LogP contribution in [-0.2, 0) is 13.0 Å². The van der Waals surface area contributed by atoms with E-state index >= 15 is 0 Å². The molecule has 0 unspecified atom stereocenters. The zero-order valence-corrected chi connectivity index (χ0v) is 13.3. The van der Waals surface area contributed by atoms with Crippen molar-refractivity contribution in [2.45, 2.75) is 19.4 Å². The number of aromatic amines is 1. The fourth-order valence-electron chi connectivity index (χ4n) is 3.60. The highest BCUT2D eigenvalue weighted by atomic mass is 19.1. The van der Waals surface area contributed by atoms with Crippen LogP contribution >= 0.6 is 0 Å². The first kappa shape index (κ1) is 14.3. The topological polar surface area (TPSA) is 46.5 Å². The Bertz CT molecular complexity index is 1110. The van der Waals surface area contributed by atoms with Gasteiger partial charge in [-0.2, -0.15) is 10.2 Å². The van der Waals surface area contributed by atoms with E-state index in [1.54, 1.807) is 6.20 Å². The molecule has 4 nitrogen and oxygen atoms in total. The molecule has 0 bridgehead atoms. The first-order valence-electron chi connectivity index (χ1n) is 8.19. The third kappa shape index (κ3) is 2.17. The summed E-state index contributed by atoms with van der Waals surface area (Å²) in [7, 11) is 0. The number of aryl methyl sites for hydroxylation is 1. The molecule has 2 aromatic heterocycles. The summed E-state index contributed by atoms with van der Waals surface area (Å²) < 4.78 is 29.6. The summed E-state index contributed by atoms with van der Waals surface area (Å²) in [6, 6.07) is 9.62. The van der Waals surface area contributed by atoms with Gasteiger partial charge in [0.2, 0.25) is 0 Å². The standard InChI is InChI=1S/C19H14F2N4/c20-13-5-6-14(15(21)9-13)19-18(17-2-1-7-25(17)24-19)11-3-4-12-10-22-23-16(12)8-11/h3-6,8-10H,1-2,7H2,(H,22,23). The van der Waals surface area contributed by atoms with Crippen LogP contribution in [-0.4, -0.2) is 20.0 Å². The third-order valence-electron chi connectivity index (χ3n) is 4.76. The van der Waals surface area contributed by atoms with Crippen molar-refractivity contribution in [2.75, 3.05) is 0 Å². The lowest BCUT2D eigenvalue weighted by atomic mass is 9.97. The van der Waals surface area contributed by atoms with Crippen LogP contribution in [0.1, 0.15) is 12.1 Å².